The summed E-state index contributed by atoms with van der Waals surface area (Å²) >= 11 is 0. The van der Waals surface area contributed by atoms with Crippen molar-refractivity contribution >= 4 is 23.3 Å². The Morgan fingerprint density at radius 1 is 0.857 bits per heavy atom. The molecule has 7 nitrogen and oxygen atoms in total. The Balaban J connectivity index is 1.41. The average Bonchev–Trinajstić information content (AvgIpc) is 2.86. The van der Waals surface area contributed by atoms with E-state index in [-0.39, 0.29) is 22.7 Å². The second-order valence-electron chi connectivity index (χ2n) is 9.18. The maximum atomic E-state index is 12.8. The van der Waals surface area contributed by atoms with Crippen LogP contribution in [0, 0.1) is 0 Å². The van der Waals surface area contributed by atoms with Crippen molar-refractivity contribution in [2.45, 2.75) is 26.2 Å². The molecule has 0 bridgehead atoms. The number of anilines is 1. The number of nitrogens with one attached hydrogen (secondary N) is 1. The van der Waals surface area contributed by atoms with E-state index < -0.39 is 12.6 Å². The molecule has 0 fully saturated rings. The first kappa shape index (κ1) is 24.0. The first-order valence-electron chi connectivity index (χ1n) is 11.3. The van der Waals surface area contributed by atoms with Gasteiger partial charge in [0, 0.05) is 11.1 Å². The number of esters is 1. The Labute approximate surface area is 204 Å². The molecule has 0 aliphatic carbocycles. The molecule has 1 heterocycles. The van der Waals surface area contributed by atoms with E-state index in [1.165, 1.54) is 6.07 Å². The highest BCUT2D eigenvalue weighted by atomic mass is 16.6. The fourth-order valence-electron chi connectivity index (χ4n) is 3.60. The van der Waals surface area contributed by atoms with Crippen molar-refractivity contribution in [1.29, 1.82) is 0 Å². The molecule has 1 aliphatic heterocycles. The SMILES string of the molecule is CC(C)(C)c1ccc(C(=O)Nc2ccccc2C(=O)OCC(=O)c2ccc3c(c2)OCCO3)cc1. The molecule has 0 atom stereocenters. The summed E-state index contributed by atoms with van der Waals surface area (Å²) in [7, 11) is 0. The molecule has 0 aromatic heterocycles. The van der Waals surface area contributed by atoms with E-state index in [1.54, 1.807) is 48.5 Å². The zero-order chi connectivity index (χ0) is 25.0. The molecule has 0 saturated heterocycles. The van der Waals surface area contributed by atoms with Crippen LogP contribution in [0.2, 0.25) is 0 Å². The van der Waals surface area contributed by atoms with E-state index >= 15 is 0 Å². The van der Waals surface area contributed by atoms with E-state index in [2.05, 4.69) is 26.1 Å². The van der Waals surface area contributed by atoms with Crippen molar-refractivity contribution in [3.63, 3.8) is 0 Å². The molecule has 0 radical (unpaired) electrons. The van der Waals surface area contributed by atoms with Gasteiger partial charge in [0.25, 0.3) is 5.91 Å². The third kappa shape index (κ3) is 5.69. The highest BCUT2D eigenvalue weighted by Gasteiger charge is 2.20. The summed E-state index contributed by atoms with van der Waals surface area (Å²) < 4.78 is 16.2. The van der Waals surface area contributed by atoms with Crippen LogP contribution in [0.15, 0.2) is 66.7 Å². The molecule has 0 unspecified atom stereocenters. The Kier molecular flexibility index (Phi) is 6.87. The quantitative estimate of drug-likeness (QED) is 0.398. The molecule has 3 aromatic rings. The molecule has 35 heavy (non-hydrogen) atoms. The maximum Gasteiger partial charge on any atom is 0.340 e. The predicted octanol–water partition coefficient (Wildman–Crippen LogP) is 5.05. The normalized spacial score (nSPS) is 12.5. The number of carbonyl (C=O) groups excluding carboxylic acids is 3. The monoisotopic (exact) mass is 473 g/mol. The second-order valence-corrected chi connectivity index (χ2v) is 9.18. The summed E-state index contributed by atoms with van der Waals surface area (Å²) in [6.07, 6.45) is 0. The molecule has 0 saturated carbocycles. The van der Waals surface area contributed by atoms with Crippen LogP contribution in [0.3, 0.4) is 0 Å². The first-order chi connectivity index (χ1) is 16.7. The number of ketones is 1. The predicted molar refractivity (Wildman–Crippen MR) is 132 cm³/mol. The van der Waals surface area contributed by atoms with Gasteiger partial charge < -0.3 is 19.5 Å². The van der Waals surface area contributed by atoms with Gasteiger partial charge in [-0.15, -0.1) is 0 Å². The van der Waals surface area contributed by atoms with Gasteiger partial charge in [0.1, 0.15) is 13.2 Å². The van der Waals surface area contributed by atoms with Gasteiger partial charge in [-0.3, -0.25) is 9.59 Å². The summed E-state index contributed by atoms with van der Waals surface area (Å²) in [4.78, 5) is 38.1. The topological polar surface area (TPSA) is 90.9 Å². The smallest absolute Gasteiger partial charge is 0.340 e. The fraction of sp³-hybridized carbons (Fsp3) is 0.250. The fourth-order valence-corrected chi connectivity index (χ4v) is 3.60. The van der Waals surface area contributed by atoms with Crippen LogP contribution in [0.1, 0.15) is 57.4 Å². The molecule has 7 heteroatoms. The van der Waals surface area contributed by atoms with Crippen LogP contribution < -0.4 is 14.8 Å². The number of benzene rings is 3. The lowest BCUT2D eigenvalue weighted by atomic mass is 9.87. The van der Waals surface area contributed by atoms with Crippen LogP contribution in [-0.4, -0.2) is 37.5 Å². The lowest BCUT2D eigenvalue weighted by molar-refractivity contribution is 0.0475. The third-order valence-corrected chi connectivity index (χ3v) is 5.61. The van der Waals surface area contributed by atoms with Gasteiger partial charge in [0.2, 0.25) is 0 Å². The van der Waals surface area contributed by atoms with Gasteiger partial charge >= 0.3 is 5.97 Å². The number of para-hydroxylation sites is 1. The van der Waals surface area contributed by atoms with E-state index in [0.29, 0.717) is 41.5 Å². The van der Waals surface area contributed by atoms with Crippen molar-refractivity contribution in [2.75, 3.05) is 25.1 Å². The van der Waals surface area contributed by atoms with Crippen molar-refractivity contribution in [3.8, 4) is 11.5 Å². The molecular formula is C28H27NO6. The minimum atomic E-state index is -0.713. The second kappa shape index (κ2) is 10.0. The minimum Gasteiger partial charge on any atom is -0.486 e. The largest absolute Gasteiger partial charge is 0.486 e. The van der Waals surface area contributed by atoms with Gasteiger partial charge in [-0.25, -0.2) is 4.79 Å². The summed E-state index contributed by atoms with van der Waals surface area (Å²) in [5.41, 5.74) is 2.36. The molecule has 1 N–H and O–H groups in total. The molecular weight excluding hydrogens is 446 g/mol. The summed E-state index contributed by atoms with van der Waals surface area (Å²) in [6.45, 7) is 6.71. The van der Waals surface area contributed by atoms with Crippen LogP contribution in [0.25, 0.3) is 0 Å². The first-order valence-corrected chi connectivity index (χ1v) is 11.3. The van der Waals surface area contributed by atoms with Crippen LogP contribution in [0.5, 0.6) is 11.5 Å². The average molecular weight is 474 g/mol. The van der Waals surface area contributed by atoms with E-state index in [1.807, 2.05) is 12.1 Å². The number of ether oxygens (including phenoxy) is 3. The molecule has 1 aliphatic rings. The van der Waals surface area contributed by atoms with Gasteiger partial charge in [-0.05, 0) is 53.4 Å². The number of hydrogen-bond acceptors (Lipinski definition) is 6. The van der Waals surface area contributed by atoms with E-state index in [0.717, 1.165) is 5.56 Å². The molecule has 1 amide bonds. The number of rotatable bonds is 6. The number of hydrogen-bond donors (Lipinski definition) is 1. The lowest BCUT2D eigenvalue weighted by Gasteiger charge is -2.19. The Morgan fingerprint density at radius 2 is 1.51 bits per heavy atom. The number of fused-ring (bicyclic) bond motifs is 1. The van der Waals surface area contributed by atoms with Gasteiger partial charge in [0.05, 0.1) is 11.3 Å². The highest BCUT2D eigenvalue weighted by molar-refractivity contribution is 6.08. The lowest BCUT2D eigenvalue weighted by Crippen LogP contribution is -2.19. The number of carbonyl (C=O) groups is 3. The van der Waals surface area contributed by atoms with Gasteiger partial charge in [-0.1, -0.05) is 45.0 Å². The van der Waals surface area contributed by atoms with E-state index in [4.69, 9.17) is 14.2 Å². The highest BCUT2D eigenvalue weighted by Crippen LogP contribution is 2.31. The molecule has 180 valence electrons. The van der Waals surface area contributed by atoms with Crippen molar-refractivity contribution in [2.24, 2.45) is 0 Å². The summed E-state index contributed by atoms with van der Waals surface area (Å²) in [5.74, 6) is -0.386. The summed E-state index contributed by atoms with van der Waals surface area (Å²) in [5, 5.41) is 2.76. The van der Waals surface area contributed by atoms with Gasteiger partial charge in [-0.2, -0.15) is 0 Å². The van der Waals surface area contributed by atoms with Gasteiger partial charge in [0.15, 0.2) is 23.9 Å². The minimum absolute atomic E-state index is 0.0251. The molecule has 4 rings (SSSR count). The summed E-state index contributed by atoms with van der Waals surface area (Å²) in [6, 6.07) is 18.7. The van der Waals surface area contributed by atoms with Crippen molar-refractivity contribution in [3.05, 3.63) is 89.0 Å². The number of Topliss-reactive ketones (excluding diaryl/α,β-unsaturated/α-hetero) is 1. The Bertz CT molecular complexity index is 1260. The van der Waals surface area contributed by atoms with Crippen molar-refractivity contribution in [1.82, 2.24) is 0 Å². The number of amides is 1. The maximum absolute atomic E-state index is 12.8. The van der Waals surface area contributed by atoms with Crippen LogP contribution in [-0.2, 0) is 10.2 Å². The Hall–Kier alpha value is -4.13. The standard InChI is InChI=1S/C28H27NO6/c1-28(2,3)20-11-8-18(9-12-20)26(31)29-22-7-5-4-6-21(22)27(32)35-17-23(30)19-10-13-24-25(16-19)34-15-14-33-24/h4-13,16H,14-15,17H2,1-3H3,(H,29,31). The zero-order valence-electron chi connectivity index (χ0n) is 19.9. The van der Waals surface area contributed by atoms with Crippen LogP contribution >= 0.6 is 0 Å². The third-order valence-electron chi connectivity index (χ3n) is 5.61. The molecule has 0 spiro atoms. The Morgan fingerprint density at radius 3 is 2.23 bits per heavy atom. The van der Waals surface area contributed by atoms with Crippen molar-refractivity contribution < 1.29 is 28.6 Å². The van der Waals surface area contributed by atoms with Crippen LogP contribution in [0.4, 0.5) is 5.69 Å². The molecule has 3 aromatic carbocycles. The van der Waals surface area contributed by atoms with E-state index in [9.17, 15) is 14.4 Å². The zero-order valence-corrected chi connectivity index (χ0v) is 19.9.